The van der Waals surface area contributed by atoms with Crippen LogP contribution in [-0.2, 0) is 0 Å². The third-order valence-corrected chi connectivity index (χ3v) is 3.76. The molecule has 1 N–H and O–H groups in total. The van der Waals surface area contributed by atoms with Crippen LogP contribution >= 0.6 is 0 Å². The molecule has 0 radical (unpaired) electrons. The van der Waals surface area contributed by atoms with Crippen molar-refractivity contribution in [3.8, 4) is 11.5 Å². The quantitative estimate of drug-likeness (QED) is 0.854. The lowest BCUT2D eigenvalue weighted by Gasteiger charge is -2.26. The van der Waals surface area contributed by atoms with E-state index in [4.69, 9.17) is 9.47 Å². The molecule has 19 heavy (non-hydrogen) atoms. The lowest BCUT2D eigenvalue weighted by atomic mass is 9.90. The van der Waals surface area contributed by atoms with Gasteiger partial charge in [-0.3, -0.25) is 0 Å². The van der Waals surface area contributed by atoms with Crippen molar-refractivity contribution in [2.24, 2.45) is 0 Å². The zero-order valence-electron chi connectivity index (χ0n) is 12.2. The topological polar surface area (TPSA) is 30.5 Å². The number of ether oxygens (including phenoxy) is 2. The maximum atomic E-state index is 5.67. The Kier molecular flexibility index (Phi) is 5.08. The molecule has 0 spiro atoms. The van der Waals surface area contributed by atoms with Crippen LogP contribution in [0, 0.1) is 0 Å². The van der Waals surface area contributed by atoms with Gasteiger partial charge in [0.2, 0.25) is 0 Å². The van der Waals surface area contributed by atoms with E-state index in [-0.39, 0.29) is 0 Å². The molecule has 0 aromatic heterocycles. The molecule has 1 aliphatic heterocycles. The number of rotatable bonds is 6. The Hall–Kier alpha value is -1.22. The fourth-order valence-electron chi connectivity index (χ4n) is 2.68. The summed E-state index contributed by atoms with van der Waals surface area (Å²) in [4.78, 5) is 0. The van der Waals surface area contributed by atoms with Gasteiger partial charge in [-0.15, -0.1) is 0 Å². The highest BCUT2D eigenvalue weighted by molar-refractivity contribution is 5.45. The molecule has 106 valence electrons. The summed E-state index contributed by atoms with van der Waals surface area (Å²) in [5.74, 6) is 2.25. The number of hydrogen-bond donors (Lipinski definition) is 1. The summed E-state index contributed by atoms with van der Waals surface area (Å²) in [7, 11) is 0. The minimum absolute atomic E-state index is 0.482. The van der Waals surface area contributed by atoms with Gasteiger partial charge < -0.3 is 14.8 Å². The molecular weight excluding hydrogens is 238 g/mol. The van der Waals surface area contributed by atoms with E-state index in [0.717, 1.165) is 18.0 Å². The molecule has 1 aromatic rings. The number of likely N-dealkylation sites (N-methyl/N-ethyl adjacent to an activating group) is 1. The highest BCUT2D eigenvalue weighted by Gasteiger charge is 2.20. The first-order chi connectivity index (χ1) is 9.26. The van der Waals surface area contributed by atoms with Gasteiger partial charge in [0, 0.05) is 6.04 Å². The molecule has 3 nitrogen and oxygen atoms in total. The highest BCUT2D eigenvalue weighted by Crippen LogP contribution is 2.34. The minimum atomic E-state index is 0.482. The van der Waals surface area contributed by atoms with Crippen molar-refractivity contribution in [1.82, 2.24) is 5.32 Å². The molecule has 1 heterocycles. The summed E-state index contributed by atoms with van der Waals surface area (Å²) in [6, 6.07) is 6.87. The molecule has 2 rings (SSSR count). The van der Waals surface area contributed by atoms with Crippen molar-refractivity contribution in [1.29, 1.82) is 0 Å². The highest BCUT2D eigenvalue weighted by atomic mass is 16.6. The van der Waals surface area contributed by atoms with Crippen LogP contribution in [0.4, 0.5) is 0 Å². The Morgan fingerprint density at radius 2 is 1.89 bits per heavy atom. The molecule has 0 fully saturated rings. The van der Waals surface area contributed by atoms with Gasteiger partial charge in [0.1, 0.15) is 13.2 Å². The fourth-order valence-corrected chi connectivity index (χ4v) is 2.68. The second-order valence-electron chi connectivity index (χ2n) is 5.14. The zero-order chi connectivity index (χ0) is 13.7. The van der Waals surface area contributed by atoms with Crippen molar-refractivity contribution in [3.63, 3.8) is 0 Å². The monoisotopic (exact) mass is 263 g/mol. The molecule has 0 saturated heterocycles. The summed E-state index contributed by atoms with van der Waals surface area (Å²) >= 11 is 0. The minimum Gasteiger partial charge on any atom is -0.486 e. The maximum absolute atomic E-state index is 5.67. The van der Waals surface area contributed by atoms with Gasteiger partial charge in [0.25, 0.3) is 0 Å². The standard InChI is InChI=1S/C16H25NO2/c1-4-6-14(17-5-2)12(3)13-7-8-15-16(11-13)19-10-9-18-15/h7-8,11-12,14,17H,4-6,9-10H2,1-3H3. The first kappa shape index (κ1) is 14.2. The number of benzene rings is 1. The van der Waals surface area contributed by atoms with Crippen molar-refractivity contribution in [3.05, 3.63) is 23.8 Å². The molecule has 3 heteroatoms. The molecule has 1 aromatic carbocycles. The Morgan fingerprint density at radius 1 is 1.16 bits per heavy atom. The van der Waals surface area contributed by atoms with E-state index in [2.05, 4.69) is 38.2 Å². The van der Waals surface area contributed by atoms with E-state index in [0.29, 0.717) is 25.2 Å². The van der Waals surface area contributed by atoms with E-state index in [1.807, 2.05) is 6.07 Å². The maximum Gasteiger partial charge on any atom is 0.161 e. The van der Waals surface area contributed by atoms with E-state index in [9.17, 15) is 0 Å². The largest absolute Gasteiger partial charge is 0.486 e. The lowest BCUT2D eigenvalue weighted by molar-refractivity contribution is 0.171. The molecule has 0 aliphatic carbocycles. The van der Waals surface area contributed by atoms with Gasteiger partial charge >= 0.3 is 0 Å². The van der Waals surface area contributed by atoms with Gasteiger partial charge in [-0.05, 0) is 36.6 Å². The summed E-state index contributed by atoms with van der Waals surface area (Å²) in [5.41, 5.74) is 1.32. The van der Waals surface area contributed by atoms with E-state index in [1.54, 1.807) is 0 Å². The number of nitrogens with one attached hydrogen (secondary N) is 1. The normalized spacial score (nSPS) is 17.0. The van der Waals surface area contributed by atoms with Crippen LogP contribution in [0.1, 0.15) is 45.1 Å². The van der Waals surface area contributed by atoms with Crippen LogP contribution < -0.4 is 14.8 Å². The SMILES string of the molecule is CCCC(NCC)C(C)c1ccc2c(c1)OCCO2. The molecule has 0 saturated carbocycles. The third kappa shape index (κ3) is 3.41. The predicted octanol–water partition coefficient (Wildman–Crippen LogP) is 3.34. The van der Waals surface area contributed by atoms with Gasteiger partial charge in [0.05, 0.1) is 0 Å². The van der Waals surface area contributed by atoms with Crippen LogP contribution in [-0.4, -0.2) is 25.8 Å². The van der Waals surface area contributed by atoms with Crippen molar-refractivity contribution in [2.75, 3.05) is 19.8 Å². The van der Waals surface area contributed by atoms with E-state index >= 15 is 0 Å². The summed E-state index contributed by atoms with van der Waals surface area (Å²) < 4.78 is 11.2. The van der Waals surface area contributed by atoms with Crippen LogP contribution in [0.15, 0.2) is 18.2 Å². The molecule has 2 unspecified atom stereocenters. The Labute approximate surface area is 116 Å². The van der Waals surface area contributed by atoms with Gasteiger partial charge in [-0.25, -0.2) is 0 Å². The van der Waals surface area contributed by atoms with Crippen molar-refractivity contribution < 1.29 is 9.47 Å². The van der Waals surface area contributed by atoms with Crippen LogP contribution in [0.2, 0.25) is 0 Å². The Morgan fingerprint density at radius 3 is 2.58 bits per heavy atom. The second-order valence-corrected chi connectivity index (χ2v) is 5.14. The Bertz CT molecular complexity index is 400. The van der Waals surface area contributed by atoms with Gasteiger partial charge in [-0.1, -0.05) is 33.3 Å². The van der Waals surface area contributed by atoms with Crippen LogP contribution in [0.25, 0.3) is 0 Å². The molecule has 2 atom stereocenters. The first-order valence-corrected chi connectivity index (χ1v) is 7.39. The first-order valence-electron chi connectivity index (χ1n) is 7.39. The summed E-state index contributed by atoms with van der Waals surface area (Å²) in [6.07, 6.45) is 2.40. The molecule has 1 aliphatic rings. The smallest absolute Gasteiger partial charge is 0.161 e. The summed E-state index contributed by atoms with van der Waals surface area (Å²) in [6.45, 7) is 9.00. The molecule has 0 amide bonds. The Balaban J connectivity index is 2.15. The predicted molar refractivity (Wildman–Crippen MR) is 78.2 cm³/mol. The summed E-state index contributed by atoms with van der Waals surface area (Å²) in [5, 5.41) is 3.59. The van der Waals surface area contributed by atoms with E-state index < -0.39 is 0 Å². The fraction of sp³-hybridized carbons (Fsp3) is 0.625. The lowest BCUT2D eigenvalue weighted by Crippen LogP contribution is -2.33. The average molecular weight is 263 g/mol. The van der Waals surface area contributed by atoms with Gasteiger partial charge in [-0.2, -0.15) is 0 Å². The van der Waals surface area contributed by atoms with E-state index in [1.165, 1.54) is 18.4 Å². The molecule has 0 bridgehead atoms. The van der Waals surface area contributed by atoms with Crippen molar-refractivity contribution >= 4 is 0 Å². The molecular formula is C16H25NO2. The van der Waals surface area contributed by atoms with Gasteiger partial charge in [0.15, 0.2) is 11.5 Å². The average Bonchev–Trinajstić information content (AvgIpc) is 2.46. The number of fused-ring (bicyclic) bond motifs is 1. The third-order valence-electron chi connectivity index (χ3n) is 3.76. The zero-order valence-corrected chi connectivity index (χ0v) is 12.2. The second kappa shape index (κ2) is 6.80. The van der Waals surface area contributed by atoms with Crippen LogP contribution in [0.5, 0.6) is 11.5 Å². The van der Waals surface area contributed by atoms with Crippen molar-refractivity contribution in [2.45, 2.75) is 45.6 Å². The number of hydrogen-bond acceptors (Lipinski definition) is 3. The van der Waals surface area contributed by atoms with Crippen LogP contribution in [0.3, 0.4) is 0 Å².